The highest BCUT2D eigenvalue weighted by Gasteiger charge is 2.14. The zero-order valence-corrected chi connectivity index (χ0v) is 6.93. The molecule has 9 heavy (non-hydrogen) atoms. The van der Waals surface area contributed by atoms with Gasteiger partial charge in [0.25, 0.3) is 0 Å². The third-order valence-electron chi connectivity index (χ3n) is 1.37. The zero-order valence-electron chi connectivity index (χ0n) is 6.04. The molecule has 1 N–H and O–H groups in total. The minimum atomic E-state index is -0.0509. The van der Waals surface area contributed by atoms with E-state index in [2.05, 4.69) is 17.5 Å². The van der Waals surface area contributed by atoms with Crippen LogP contribution in [0.15, 0.2) is 0 Å². The average Bonchev–Trinajstić information content (AvgIpc) is 2.20. The summed E-state index contributed by atoms with van der Waals surface area (Å²) in [5, 5.41) is 8.86. The van der Waals surface area contributed by atoms with Gasteiger partial charge in [-0.15, -0.1) is 0 Å². The molecule has 0 spiro atoms. The van der Waals surface area contributed by atoms with Crippen LogP contribution in [-0.2, 0) is 0 Å². The Kier molecular flexibility index (Phi) is 5.24. The molecule has 0 saturated carbocycles. The highest BCUT2D eigenvalue weighted by Crippen LogP contribution is 2.03. The molecule has 1 fully saturated rings. The van der Waals surface area contributed by atoms with Crippen LogP contribution in [0.4, 0.5) is 0 Å². The Labute approximate surface area is 62.3 Å². The SMILES string of the molecule is CN1CCC(O)C1.CS. The van der Waals surface area contributed by atoms with Gasteiger partial charge in [-0.05, 0) is 19.7 Å². The number of β-amino-alcohol motifs (C(OH)–C–C–N with tert-alkyl or cyclic N) is 1. The number of hydrogen-bond acceptors (Lipinski definition) is 3. The van der Waals surface area contributed by atoms with Crippen LogP contribution in [0.3, 0.4) is 0 Å². The van der Waals surface area contributed by atoms with E-state index < -0.39 is 0 Å². The predicted molar refractivity (Wildman–Crippen MR) is 43.0 cm³/mol. The van der Waals surface area contributed by atoms with E-state index in [4.69, 9.17) is 5.11 Å². The second-order valence-electron chi connectivity index (χ2n) is 2.20. The lowest BCUT2D eigenvalue weighted by molar-refractivity contribution is 0.183. The van der Waals surface area contributed by atoms with Crippen molar-refractivity contribution < 1.29 is 5.11 Å². The van der Waals surface area contributed by atoms with Crippen LogP contribution >= 0.6 is 12.6 Å². The quantitative estimate of drug-likeness (QED) is 0.482. The van der Waals surface area contributed by atoms with Gasteiger partial charge in [0.05, 0.1) is 6.10 Å². The Morgan fingerprint density at radius 2 is 2.11 bits per heavy atom. The Morgan fingerprint density at radius 1 is 1.56 bits per heavy atom. The molecule has 0 bridgehead atoms. The topological polar surface area (TPSA) is 23.5 Å². The Bertz CT molecular complexity index is 62.1. The molecule has 0 aliphatic carbocycles. The molecule has 1 rings (SSSR count). The monoisotopic (exact) mass is 149 g/mol. The molecule has 1 unspecified atom stereocenters. The summed E-state index contributed by atoms with van der Waals surface area (Å²) < 4.78 is 0. The van der Waals surface area contributed by atoms with Gasteiger partial charge in [0.2, 0.25) is 0 Å². The lowest BCUT2D eigenvalue weighted by Gasteiger charge is -2.02. The Balaban J connectivity index is 0.000000291. The molecule has 1 saturated heterocycles. The van der Waals surface area contributed by atoms with E-state index in [9.17, 15) is 0 Å². The third kappa shape index (κ3) is 3.78. The van der Waals surface area contributed by atoms with Crippen molar-refractivity contribution in [2.45, 2.75) is 12.5 Å². The van der Waals surface area contributed by atoms with Crippen molar-refractivity contribution in [1.82, 2.24) is 4.90 Å². The second-order valence-corrected chi connectivity index (χ2v) is 2.20. The first kappa shape index (κ1) is 9.27. The third-order valence-corrected chi connectivity index (χ3v) is 1.37. The molecule has 0 aromatic rings. The summed E-state index contributed by atoms with van der Waals surface area (Å²) in [6, 6.07) is 0. The van der Waals surface area contributed by atoms with Gasteiger partial charge in [0.1, 0.15) is 0 Å². The number of rotatable bonds is 0. The summed E-state index contributed by atoms with van der Waals surface area (Å²) in [4.78, 5) is 2.13. The normalized spacial score (nSPS) is 27.3. The van der Waals surface area contributed by atoms with Crippen molar-refractivity contribution in [3.63, 3.8) is 0 Å². The van der Waals surface area contributed by atoms with Crippen LogP contribution in [-0.4, -0.2) is 42.5 Å². The molecule has 3 heteroatoms. The predicted octanol–water partition coefficient (Wildman–Crippen LogP) is 0.229. The van der Waals surface area contributed by atoms with E-state index in [0.717, 1.165) is 19.5 Å². The number of likely N-dealkylation sites (tertiary alicyclic amines) is 1. The number of thiol groups is 1. The molecule has 1 aliphatic heterocycles. The first-order valence-corrected chi connectivity index (χ1v) is 4.00. The van der Waals surface area contributed by atoms with Crippen LogP contribution in [0.25, 0.3) is 0 Å². The van der Waals surface area contributed by atoms with Crippen molar-refractivity contribution in [3.05, 3.63) is 0 Å². The highest BCUT2D eigenvalue weighted by atomic mass is 32.1. The number of aliphatic hydroxyl groups is 1. The molecule has 56 valence electrons. The van der Waals surface area contributed by atoms with Gasteiger partial charge in [0, 0.05) is 13.1 Å². The number of aliphatic hydroxyl groups excluding tert-OH is 1. The van der Waals surface area contributed by atoms with Gasteiger partial charge in [-0.25, -0.2) is 0 Å². The molecule has 1 aliphatic rings. The zero-order chi connectivity index (χ0) is 7.28. The second kappa shape index (κ2) is 5.09. The molecule has 2 nitrogen and oxygen atoms in total. The summed E-state index contributed by atoms with van der Waals surface area (Å²) in [6.45, 7) is 1.92. The van der Waals surface area contributed by atoms with Gasteiger partial charge in [0.15, 0.2) is 0 Å². The van der Waals surface area contributed by atoms with Crippen molar-refractivity contribution in [2.24, 2.45) is 0 Å². The Hall–Kier alpha value is 0.270. The van der Waals surface area contributed by atoms with E-state index in [1.807, 2.05) is 7.05 Å². The summed E-state index contributed by atoms with van der Waals surface area (Å²) in [7, 11) is 2.02. The molecule has 0 radical (unpaired) electrons. The van der Waals surface area contributed by atoms with Gasteiger partial charge in [-0.3, -0.25) is 0 Å². The standard InChI is InChI=1S/C5H11NO.CH4S/c1-6-3-2-5(7)4-6;1-2/h5,7H,2-4H2,1H3;2H,1H3. The summed E-state index contributed by atoms with van der Waals surface area (Å²) in [6.07, 6.45) is 2.60. The van der Waals surface area contributed by atoms with Gasteiger partial charge in [-0.1, -0.05) is 0 Å². The lowest BCUT2D eigenvalue weighted by atomic mass is 10.3. The van der Waals surface area contributed by atoms with Crippen LogP contribution in [0.5, 0.6) is 0 Å². The van der Waals surface area contributed by atoms with Crippen LogP contribution in [0, 0.1) is 0 Å². The van der Waals surface area contributed by atoms with Gasteiger partial charge in [-0.2, -0.15) is 12.6 Å². The molecule has 0 aromatic heterocycles. The van der Waals surface area contributed by atoms with Crippen molar-refractivity contribution >= 4 is 12.6 Å². The van der Waals surface area contributed by atoms with Crippen molar-refractivity contribution in [2.75, 3.05) is 26.4 Å². The fourth-order valence-electron chi connectivity index (χ4n) is 0.912. The first-order chi connectivity index (χ1) is 4.29. The van der Waals surface area contributed by atoms with E-state index in [-0.39, 0.29) is 6.10 Å². The van der Waals surface area contributed by atoms with E-state index in [1.54, 1.807) is 6.26 Å². The van der Waals surface area contributed by atoms with Gasteiger partial charge >= 0.3 is 0 Å². The fourth-order valence-corrected chi connectivity index (χ4v) is 0.912. The average molecular weight is 149 g/mol. The molecule has 0 aromatic carbocycles. The summed E-state index contributed by atoms with van der Waals surface area (Å²) in [5.74, 6) is 0. The number of hydrogen-bond donors (Lipinski definition) is 2. The summed E-state index contributed by atoms with van der Waals surface area (Å²) in [5.41, 5.74) is 0. The maximum Gasteiger partial charge on any atom is 0.0679 e. The largest absolute Gasteiger partial charge is 0.392 e. The molecule has 1 heterocycles. The van der Waals surface area contributed by atoms with E-state index >= 15 is 0 Å². The van der Waals surface area contributed by atoms with Crippen LogP contribution < -0.4 is 0 Å². The van der Waals surface area contributed by atoms with E-state index in [0.29, 0.717) is 0 Å². The minimum absolute atomic E-state index is 0.0509. The van der Waals surface area contributed by atoms with Crippen molar-refractivity contribution in [1.29, 1.82) is 0 Å². The van der Waals surface area contributed by atoms with E-state index in [1.165, 1.54) is 0 Å². The highest BCUT2D eigenvalue weighted by molar-refractivity contribution is 7.79. The minimum Gasteiger partial charge on any atom is -0.392 e. The van der Waals surface area contributed by atoms with Gasteiger partial charge < -0.3 is 10.0 Å². The number of nitrogens with zero attached hydrogens (tertiary/aromatic N) is 1. The molecular weight excluding hydrogens is 134 g/mol. The maximum atomic E-state index is 8.86. The number of likely N-dealkylation sites (N-methyl/N-ethyl adjacent to an activating group) is 1. The van der Waals surface area contributed by atoms with Crippen LogP contribution in [0.2, 0.25) is 0 Å². The van der Waals surface area contributed by atoms with Crippen LogP contribution in [0.1, 0.15) is 6.42 Å². The molecule has 1 atom stereocenters. The lowest BCUT2D eigenvalue weighted by Crippen LogP contribution is -2.15. The maximum absolute atomic E-state index is 8.86. The fraction of sp³-hybridized carbons (Fsp3) is 1.00. The summed E-state index contributed by atoms with van der Waals surface area (Å²) >= 11 is 3.53. The Morgan fingerprint density at radius 3 is 2.22 bits per heavy atom. The first-order valence-electron chi connectivity index (χ1n) is 3.10. The van der Waals surface area contributed by atoms with Crippen molar-refractivity contribution in [3.8, 4) is 0 Å². The smallest absolute Gasteiger partial charge is 0.0679 e. The molecule has 0 amide bonds. The molecular formula is C6H15NOS.